The smallest absolute Gasteiger partial charge is 0.267 e. The summed E-state index contributed by atoms with van der Waals surface area (Å²) in [6, 6.07) is 9.57. The Labute approximate surface area is 116 Å². The lowest BCUT2D eigenvalue weighted by Gasteiger charge is -2.03. The summed E-state index contributed by atoms with van der Waals surface area (Å²) in [5, 5.41) is 0.742. The number of hydrogen-bond acceptors (Lipinski definition) is 3. The van der Waals surface area contributed by atoms with Gasteiger partial charge in [-0.2, -0.15) is 0 Å². The molecule has 0 aliphatic rings. The first-order valence-electron chi connectivity index (χ1n) is 5.40. The Morgan fingerprint density at radius 1 is 1.33 bits per heavy atom. The largest absolute Gasteiger partial charge is 0.274 e. The maximum atomic E-state index is 12.3. The van der Waals surface area contributed by atoms with E-state index in [4.69, 9.17) is 0 Å². The first kappa shape index (κ1) is 11.6. The molecule has 18 heavy (non-hydrogen) atoms. The van der Waals surface area contributed by atoms with Crippen molar-refractivity contribution < 1.29 is 0 Å². The summed E-state index contributed by atoms with van der Waals surface area (Å²) in [5.41, 5.74) is 0.964. The fraction of sp³-hybridized carbons (Fsp3) is 0.0769. The quantitative estimate of drug-likeness (QED) is 0.687. The molecule has 1 aromatic carbocycles. The van der Waals surface area contributed by atoms with Crippen molar-refractivity contribution in [3.05, 3.63) is 56.9 Å². The van der Waals surface area contributed by atoms with Gasteiger partial charge in [0.15, 0.2) is 5.82 Å². The van der Waals surface area contributed by atoms with Crippen LogP contribution >= 0.6 is 27.5 Å². The SMILES string of the molecule is Cc1cc(Br)cnc1-n1sc2ccccc2c1=O. The number of fused-ring (bicyclic) bond motifs is 1. The molecule has 0 amide bonds. The molecule has 3 rings (SSSR count). The summed E-state index contributed by atoms with van der Waals surface area (Å²) in [4.78, 5) is 16.6. The van der Waals surface area contributed by atoms with Crippen LogP contribution in [0.2, 0.25) is 0 Å². The van der Waals surface area contributed by atoms with E-state index in [0.717, 1.165) is 20.1 Å². The molecule has 0 fully saturated rings. The third-order valence-electron chi connectivity index (χ3n) is 2.70. The second-order valence-corrected chi connectivity index (χ2v) is 5.88. The van der Waals surface area contributed by atoms with E-state index in [9.17, 15) is 4.79 Å². The van der Waals surface area contributed by atoms with Gasteiger partial charge in [-0.25, -0.2) is 8.94 Å². The van der Waals surface area contributed by atoms with E-state index >= 15 is 0 Å². The topological polar surface area (TPSA) is 34.9 Å². The van der Waals surface area contributed by atoms with E-state index < -0.39 is 0 Å². The maximum Gasteiger partial charge on any atom is 0.274 e. The molecule has 5 heteroatoms. The predicted octanol–water partition coefficient (Wildman–Crippen LogP) is 3.52. The average molecular weight is 321 g/mol. The number of rotatable bonds is 1. The van der Waals surface area contributed by atoms with Gasteiger partial charge in [0, 0.05) is 10.7 Å². The van der Waals surface area contributed by atoms with Crippen molar-refractivity contribution >= 4 is 37.5 Å². The molecule has 0 N–H and O–H groups in total. The number of benzene rings is 1. The molecule has 0 saturated carbocycles. The minimum atomic E-state index is -0.00600. The van der Waals surface area contributed by atoms with Crippen LogP contribution in [0.15, 0.2) is 45.8 Å². The molecule has 0 saturated heterocycles. The van der Waals surface area contributed by atoms with Crippen molar-refractivity contribution in [2.75, 3.05) is 0 Å². The predicted molar refractivity (Wildman–Crippen MR) is 77.7 cm³/mol. The average Bonchev–Trinajstić information content (AvgIpc) is 2.68. The highest BCUT2D eigenvalue weighted by molar-refractivity contribution is 9.10. The van der Waals surface area contributed by atoms with Crippen molar-refractivity contribution in [1.82, 2.24) is 8.94 Å². The zero-order valence-corrected chi connectivity index (χ0v) is 12.0. The van der Waals surface area contributed by atoms with Crippen LogP contribution in [-0.4, -0.2) is 8.94 Å². The fourth-order valence-electron chi connectivity index (χ4n) is 1.86. The number of aromatic nitrogens is 2. The van der Waals surface area contributed by atoms with E-state index in [0.29, 0.717) is 5.82 Å². The normalized spacial score (nSPS) is 11.0. The zero-order valence-electron chi connectivity index (χ0n) is 9.55. The third-order valence-corrected chi connectivity index (χ3v) is 4.21. The number of aryl methyl sites for hydroxylation is 1. The van der Waals surface area contributed by atoms with Crippen LogP contribution in [0.3, 0.4) is 0 Å². The summed E-state index contributed by atoms with van der Waals surface area (Å²) >= 11 is 4.80. The van der Waals surface area contributed by atoms with Gasteiger partial charge >= 0.3 is 0 Å². The Bertz CT molecular complexity index is 791. The third kappa shape index (κ3) is 1.79. The van der Waals surface area contributed by atoms with Crippen LogP contribution in [0.25, 0.3) is 15.9 Å². The molecule has 0 atom stereocenters. The molecule has 0 aliphatic heterocycles. The lowest BCUT2D eigenvalue weighted by atomic mass is 10.3. The van der Waals surface area contributed by atoms with Crippen LogP contribution in [-0.2, 0) is 0 Å². The highest BCUT2D eigenvalue weighted by Crippen LogP contribution is 2.22. The minimum Gasteiger partial charge on any atom is -0.267 e. The van der Waals surface area contributed by atoms with Gasteiger partial charge in [-0.1, -0.05) is 12.1 Å². The van der Waals surface area contributed by atoms with Crippen molar-refractivity contribution in [3.63, 3.8) is 0 Å². The van der Waals surface area contributed by atoms with E-state index in [-0.39, 0.29) is 5.56 Å². The molecule has 2 aromatic heterocycles. The van der Waals surface area contributed by atoms with Crippen LogP contribution < -0.4 is 5.56 Å². The van der Waals surface area contributed by atoms with E-state index in [1.165, 1.54) is 11.5 Å². The minimum absolute atomic E-state index is 0.00600. The van der Waals surface area contributed by atoms with Crippen molar-refractivity contribution in [2.24, 2.45) is 0 Å². The Kier molecular flexibility index (Phi) is 2.80. The highest BCUT2D eigenvalue weighted by Gasteiger charge is 2.11. The van der Waals surface area contributed by atoms with E-state index in [1.807, 2.05) is 37.3 Å². The van der Waals surface area contributed by atoms with E-state index in [2.05, 4.69) is 20.9 Å². The van der Waals surface area contributed by atoms with Crippen LogP contribution in [0, 0.1) is 6.92 Å². The van der Waals surface area contributed by atoms with Gasteiger partial charge in [-0.05, 0) is 58.1 Å². The molecule has 3 aromatic rings. The first-order chi connectivity index (χ1) is 8.66. The number of halogens is 1. The summed E-state index contributed by atoms with van der Waals surface area (Å²) in [6.45, 7) is 1.95. The van der Waals surface area contributed by atoms with Gasteiger partial charge in [-0.15, -0.1) is 0 Å². The van der Waals surface area contributed by atoms with Crippen molar-refractivity contribution in [1.29, 1.82) is 0 Å². The summed E-state index contributed by atoms with van der Waals surface area (Å²) in [6.07, 6.45) is 1.71. The van der Waals surface area contributed by atoms with Gasteiger partial charge in [0.05, 0.1) is 10.1 Å². The Hall–Kier alpha value is -1.46. The monoisotopic (exact) mass is 320 g/mol. The van der Waals surface area contributed by atoms with Crippen molar-refractivity contribution in [2.45, 2.75) is 6.92 Å². The van der Waals surface area contributed by atoms with Gasteiger partial charge in [0.2, 0.25) is 0 Å². The summed E-state index contributed by atoms with van der Waals surface area (Å²) < 4.78 is 3.54. The molecule has 90 valence electrons. The summed E-state index contributed by atoms with van der Waals surface area (Å²) in [5.74, 6) is 0.699. The Morgan fingerprint density at radius 3 is 2.83 bits per heavy atom. The molecule has 0 aliphatic carbocycles. The number of nitrogens with zero attached hydrogens (tertiary/aromatic N) is 2. The van der Waals surface area contributed by atoms with E-state index in [1.54, 1.807) is 10.2 Å². The van der Waals surface area contributed by atoms with Crippen LogP contribution in [0.4, 0.5) is 0 Å². The molecule has 0 bridgehead atoms. The Morgan fingerprint density at radius 2 is 2.11 bits per heavy atom. The molecule has 0 unspecified atom stereocenters. The van der Waals surface area contributed by atoms with Gasteiger partial charge in [0.1, 0.15) is 0 Å². The highest BCUT2D eigenvalue weighted by atomic mass is 79.9. The van der Waals surface area contributed by atoms with Crippen LogP contribution in [0.5, 0.6) is 0 Å². The molecular weight excluding hydrogens is 312 g/mol. The zero-order chi connectivity index (χ0) is 12.7. The number of pyridine rings is 1. The second-order valence-electron chi connectivity index (χ2n) is 3.98. The Balaban J connectivity index is 2.32. The lowest BCUT2D eigenvalue weighted by molar-refractivity contribution is 1.03. The standard InChI is InChI=1S/C13H9BrN2OS/c1-8-6-9(14)7-15-12(8)16-13(17)10-4-2-3-5-11(10)18-16/h2-7H,1H3. The van der Waals surface area contributed by atoms with Gasteiger partial charge in [0.25, 0.3) is 5.56 Å². The molecule has 3 nitrogen and oxygen atoms in total. The van der Waals surface area contributed by atoms with Crippen LogP contribution in [0.1, 0.15) is 5.56 Å². The maximum absolute atomic E-state index is 12.3. The van der Waals surface area contributed by atoms with Gasteiger partial charge < -0.3 is 0 Å². The second kappa shape index (κ2) is 4.33. The summed E-state index contributed by atoms with van der Waals surface area (Å²) in [7, 11) is 0. The molecule has 2 heterocycles. The van der Waals surface area contributed by atoms with Gasteiger partial charge in [-0.3, -0.25) is 4.79 Å². The number of hydrogen-bond donors (Lipinski definition) is 0. The first-order valence-corrected chi connectivity index (χ1v) is 6.97. The molecular formula is C13H9BrN2OS. The fourth-order valence-corrected chi connectivity index (χ4v) is 3.35. The molecule has 0 spiro atoms. The molecule has 0 radical (unpaired) electrons. The van der Waals surface area contributed by atoms with Crippen molar-refractivity contribution in [3.8, 4) is 5.82 Å². The lowest BCUT2D eigenvalue weighted by Crippen LogP contribution is -2.13.